The first-order valence-electron chi connectivity index (χ1n) is 23.2. The van der Waals surface area contributed by atoms with Gasteiger partial charge in [0.1, 0.15) is 12.6 Å². The highest BCUT2D eigenvalue weighted by Gasteiger charge is 2.25. The summed E-state index contributed by atoms with van der Waals surface area (Å²) >= 11 is 0. The van der Waals surface area contributed by atoms with Crippen LogP contribution in [0, 0.1) is 0 Å². The summed E-state index contributed by atoms with van der Waals surface area (Å²) in [6.45, 7) is 4.53. The van der Waals surface area contributed by atoms with Crippen LogP contribution in [0.1, 0.15) is 194 Å². The van der Waals surface area contributed by atoms with E-state index in [4.69, 9.17) is 14.2 Å². The molecule has 0 radical (unpaired) electrons. The molecule has 0 N–H and O–H groups in total. The van der Waals surface area contributed by atoms with Crippen LogP contribution in [0.5, 0.6) is 0 Å². The number of carboxylic acid groups (broad SMARTS) is 1. The normalized spacial score (nSPS) is 13.4. The topological polar surface area (TPSA) is 102 Å². The monoisotopic (exact) mass is 802 g/mol. The predicted octanol–water partition coefficient (Wildman–Crippen LogP) is 11.5. The molecule has 0 aliphatic carbocycles. The van der Waals surface area contributed by atoms with Crippen molar-refractivity contribution >= 4 is 17.9 Å². The number of nitrogens with zero attached hydrogens (tertiary/aromatic N) is 1. The van der Waals surface area contributed by atoms with Crippen LogP contribution < -0.4 is 5.11 Å². The van der Waals surface area contributed by atoms with E-state index >= 15 is 0 Å². The fourth-order valence-corrected chi connectivity index (χ4v) is 6.61. The maximum atomic E-state index is 12.7. The summed E-state index contributed by atoms with van der Waals surface area (Å²) in [5.74, 6) is -1.76. The van der Waals surface area contributed by atoms with Gasteiger partial charge in [0.2, 0.25) is 0 Å². The third kappa shape index (κ3) is 38.6. The molecule has 0 saturated carbocycles. The molecule has 0 aliphatic rings. The van der Waals surface area contributed by atoms with Gasteiger partial charge in [-0.15, -0.1) is 0 Å². The molecular formula is C49H87NO7. The number of carbonyl (C=O) groups excluding carboxylic acids is 3. The predicted molar refractivity (Wildman–Crippen MR) is 236 cm³/mol. The molecule has 330 valence electrons. The fraction of sp³-hybridized carbons (Fsp3) is 0.776. The number of quaternary nitrogens is 1. The summed E-state index contributed by atoms with van der Waals surface area (Å²) < 4.78 is 17.2. The Bertz CT molecular complexity index is 1070. The molecule has 8 heteroatoms. The van der Waals surface area contributed by atoms with Crippen LogP contribution in [0.15, 0.2) is 48.6 Å². The molecule has 0 heterocycles. The van der Waals surface area contributed by atoms with E-state index in [0.717, 1.165) is 70.6 Å². The fourth-order valence-electron chi connectivity index (χ4n) is 6.61. The van der Waals surface area contributed by atoms with Crippen LogP contribution >= 0.6 is 0 Å². The number of rotatable bonds is 41. The van der Waals surface area contributed by atoms with Crippen molar-refractivity contribution in [1.29, 1.82) is 0 Å². The van der Waals surface area contributed by atoms with Gasteiger partial charge in [-0.1, -0.05) is 152 Å². The van der Waals surface area contributed by atoms with Crippen LogP contribution in [0.3, 0.4) is 0 Å². The molecule has 2 unspecified atom stereocenters. The first kappa shape index (κ1) is 54.3. The van der Waals surface area contributed by atoms with E-state index in [9.17, 15) is 19.5 Å². The van der Waals surface area contributed by atoms with Crippen LogP contribution in [0.4, 0.5) is 0 Å². The highest BCUT2D eigenvalue weighted by Crippen LogP contribution is 2.14. The summed E-state index contributed by atoms with van der Waals surface area (Å²) in [4.78, 5) is 36.9. The van der Waals surface area contributed by atoms with Gasteiger partial charge in [-0.3, -0.25) is 9.59 Å². The van der Waals surface area contributed by atoms with Gasteiger partial charge in [0.05, 0.1) is 40.3 Å². The average molecular weight is 802 g/mol. The third-order valence-corrected chi connectivity index (χ3v) is 10.2. The second-order valence-corrected chi connectivity index (χ2v) is 16.6. The highest BCUT2D eigenvalue weighted by atomic mass is 16.6. The summed E-state index contributed by atoms with van der Waals surface area (Å²) in [5, 5.41) is 11.6. The smallest absolute Gasteiger partial charge is 0.306 e. The number of aliphatic carboxylic acids is 1. The van der Waals surface area contributed by atoms with Gasteiger partial charge in [-0.05, 0) is 70.6 Å². The molecule has 0 aromatic carbocycles. The number of ether oxygens (including phenoxy) is 3. The van der Waals surface area contributed by atoms with E-state index in [1.54, 1.807) is 21.1 Å². The molecule has 0 spiro atoms. The Hall–Kier alpha value is -2.71. The summed E-state index contributed by atoms with van der Waals surface area (Å²) in [6, 6.07) is -0.729. The molecule has 0 amide bonds. The van der Waals surface area contributed by atoms with Crippen LogP contribution in [-0.2, 0) is 28.6 Å². The summed E-state index contributed by atoms with van der Waals surface area (Å²) in [6.07, 6.45) is 47.0. The summed E-state index contributed by atoms with van der Waals surface area (Å²) in [7, 11) is 5.40. The average Bonchev–Trinajstić information content (AvgIpc) is 3.17. The molecule has 8 nitrogen and oxygen atoms in total. The van der Waals surface area contributed by atoms with Crippen LogP contribution in [0.25, 0.3) is 0 Å². The number of carboxylic acids is 1. The lowest BCUT2D eigenvalue weighted by Gasteiger charge is -2.34. The van der Waals surface area contributed by atoms with Crippen molar-refractivity contribution in [3.05, 3.63) is 48.6 Å². The maximum Gasteiger partial charge on any atom is 0.306 e. The Morgan fingerprint density at radius 2 is 0.982 bits per heavy atom. The molecule has 0 aromatic heterocycles. The number of hydrogen-bond acceptors (Lipinski definition) is 7. The second-order valence-electron chi connectivity index (χ2n) is 16.6. The van der Waals surface area contributed by atoms with E-state index in [2.05, 4.69) is 62.5 Å². The van der Waals surface area contributed by atoms with E-state index in [1.165, 1.54) is 89.9 Å². The Balaban J connectivity index is 4.34. The zero-order valence-corrected chi connectivity index (χ0v) is 37.5. The van der Waals surface area contributed by atoms with Crippen molar-refractivity contribution in [3.63, 3.8) is 0 Å². The number of carbonyl (C=O) groups is 3. The van der Waals surface area contributed by atoms with Crippen LogP contribution in [-0.4, -0.2) is 75.5 Å². The first-order valence-corrected chi connectivity index (χ1v) is 23.2. The maximum absolute atomic E-state index is 12.7. The molecule has 57 heavy (non-hydrogen) atoms. The lowest BCUT2D eigenvalue weighted by atomic mass is 10.1. The third-order valence-electron chi connectivity index (χ3n) is 10.2. The number of unbranched alkanes of at least 4 members (excludes halogenated alkanes) is 19. The minimum absolute atomic E-state index is 0.0344. The van der Waals surface area contributed by atoms with E-state index in [1.807, 2.05) is 0 Å². The van der Waals surface area contributed by atoms with Gasteiger partial charge in [-0.2, -0.15) is 0 Å². The van der Waals surface area contributed by atoms with E-state index < -0.39 is 18.1 Å². The largest absolute Gasteiger partial charge is 0.544 e. The van der Waals surface area contributed by atoms with Crippen molar-refractivity contribution < 1.29 is 38.2 Å². The van der Waals surface area contributed by atoms with Crippen LogP contribution in [0.2, 0.25) is 0 Å². The second kappa shape index (κ2) is 40.1. The zero-order valence-electron chi connectivity index (χ0n) is 37.5. The van der Waals surface area contributed by atoms with Crippen molar-refractivity contribution in [2.75, 3.05) is 41.0 Å². The molecule has 0 fully saturated rings. The summed E-state index contributed by atoms with van der Waals surface area (Å²) in [5.41, 5.74) is 0. The Morgan fingerprint density at radius 1 is 0.544 bits per heavy atom. The number of hydrogen-bond donors (Lipinski definition) is 0. The van der Waals surface area contributed by atoms with Gasteiger partial charge in [0.25, 0.3) is 0 Å². The van der Waals surface area contributed by atoms with Gasteiger partial charge < -0.3 is 28.6 Å². The quantitative estimate of drug-likeness (QED) is 0.0262. The molecule has 0 bridgehead atoms. The molecule has 0 aliphatic heterocycles. The molecular weight excluding hydrogens is 715 g/mol. The Labute approximate surface area is 350 Å². The molecule has 0 rings (SSSR count). The number of likely N-dealkylation sites (N-methyl/N-ethyl adjacent to an activating group) is 1. The molecule has 0 aromatic rings. The van der Waals surface area contributed by atoms with E-state index in [-0.39, 0.29) is 42.7 Å². The SMILES string of the molecule is CC/C=C/C/C=C/C/C=C/CCCCCCCCC(=O)OCC(COCCC(C(=O)[O-])[N+](C)(C)C)OC(=O)CCCCCCCCC/C=C/CCCCCCCC. The van der Waals surface area contributed by atoms with E-state index in [0.29, 0.717) is 12.8 Å². The van der Waals surface area contributed by atoms with Crippen molar-refractivity contribution in [1.82, 2.24) is 0 Å². The molecule has 0 saturated heterocycles. The Morgan fingerprint density at radius 3 is 1.47 bits per heavy atom. The molecule has 2 atom stereocenters. The number of esters is 2. The zero-order chi connectivity index (χ0) is 42.1. The minimum atomic E-state index is -1.13. The van der Waals surface area contributed by atoms with Crippen molar-refractivity contribution in [2.24, 2.45) is 0 Å². The number of allylic oxidation sites excluding steroid dienone is 8. The highest BCUT2D eigenvalue weighted by molar-refractivity contribution is 5.70. The van der Waals surface area contributed by atoms with Gasteiger partial charge in [0.15, 0.2) is 6.10 Å². The van der Waals surface area contributed by atoms with Gasteiger partial charge in [-0.25, -0.2) is 0 Å². The lowest BCUT2D eigenvalue weighted by Crippen LogP contribution is -2.55. The standard InChI is InChI=1S/C49H87NO7/c1-6-8-10-12-14-16-18-20-22-24-26-28-30-32-34-36-38-40-48(52)57-45(43-55-42-41-46(49(53)54)50(3,4)5)44-56-47(51)39-37-35-33-31-29-27-25-23-21-19-17-15-13-11-9-7-2/h9,11,15,17,20-23,45-46H,6-8,10,12-14,16,18-19,24-44H2,1-5H3/b11-9+,17-15+,22-20+,23-21+. The van der Waals surface area contributed by atoms with Gasteiger partial charge in [0, 0.05) is 19.3 Å². The van der Waals surface area contributed by atoms with Crippen molar-refractivity contribution in [3.8, 4) is 0 Å². The first-order chi connectivity index (χ1) is 27.6. The van der Waals surface area contributed by atoms with Crippen molar-refractivity contribution in [2.45, 2.75) is 206 Å². The lowest BCUT2D eigenvalue weighted by molar-refractivity contribution is -0.889. The Kier molecular flexibility index (Phi) is 38.2. The minimum Gasteiger partial charge on any atom is -0.544 e. The van der Waals surface area contributed by atoms with Gasteiger partial charge >= 0.3 is 11.9 Å².